The summed E-state index contributed by atoms with van der Waals surface area (Å²) in [4.78, 5) is 10.2. The van der Waals surface area contributed by atoms with E-state index in [2.05, 4.69) is 10.2 Å². The Morgan fingerprint density at radius 3 is 2.89 bits per heavy atom. The van der Waals surface area contributed by atoms with Gasteiger partial charge in [0.05, 0.1) is 11.0 Å². The molecule has 0 aliphatic rings. The molecular formula is C10H8ClN3O3S. The summed E-state index contributed by atoms with van der Waals surface area (Å²) >= 11 is 6.85. The minimum absolute atomic E-state index is 0.00843. The Morgan fingerprint density at radius 2 is 2.28 bits per heavy atom. The van der Waals surface area contributed by atoms with Crippen molar-refractivity contribution in [1.82, 2.24) is 10.2 Å². The lowest BCUT2D eigenvalue weighted by molar-refractivity contribution is -0.385. The van der Waals surface area contributed by atoms with Crippen LogP contribution < -0.4 is 4.74 Å². The van der Waals surface area contributed by atoms with Crippen LogP contribution in [0, 0.1) is 17.0 Å². The number of nitrogens with zero attached hydrogens (tertiary/aromatic N) is 3. The van der Waals surface area contributed by atoms with Crippen LogP contribution in [0.5, 0.6) is 5.75 Å². The highest BCUT2D eigenvalue weighted by Gasteiger charge is 2.10. The lowest BCUT2D eigenvalue weighted by Crippen LogP contribution is -1.98. The monoisotopic (exact) mass is 285 g/mol. The van der Waals surface area contributed by atoms with Crippen molar-refractivity contribution < 1.29 is 9.66 Å². The Bertz CT molecular complexity index is 587. The fourth-order valence-electron chi connectivity index (χ4n) is 1.29. The first kappa shape index (κ1) is 12.7. The highest BCUT2D eigenvalue weighted by molar-refractivity contribution is 7.15. The highest BCUT2D eigenvalue weighted by atomic mass is 35.5. The summed E-state index contributed by atoms with van der Waals surface area (Å²) in [6.07, 6.45) is 0. The van der Waals surface area contributed by atoms with Gasteiger partial charge in [-0.15, -0.1) is 10.2 Å². The smallest absolute Gasteiger partial charge is 0.273 e. The second kappa shape index (κ2) is 5.28. The zero-order chi connectivity index (χ0) is 13.1. The van der Waals surface area contributed by atoms with Crippen molar-refractivity contribution in [2.24, 2.45) is 0 Å². The van der Waals surface area contributed by atoms with Gasteiger partial charge in [-0.2, -0.15) is 0 Å². The Kier molecular flexibility index (Phi) is 3.73. The van der Waals surface area contributed by atoms with E-state index < -0.39 is 4.92 Å². The Labute approximate surface area is 111 Å². The lowest BCUT2D eigenvalue weighted by atomic mass is 10.2. The predicted molar refractivity (Wildman–Crippen MR) is 67.1 cm³/mol. The largest absolute Gasteiger partial charge is 0.486 e. The highest BCUT2D eigenvalue weighted by Crippen LogP contribution is 2.25. The topological polar surface area (TPSA) is 78.2 Å². The van der Waals surface area contributed by atoms with E-state index in [0.29, 0.717) is 15.2 Å². The van der Waals surface area contributed by atoms with Gasteiger partial charge in [-0.25, -0.2) is 0 Å². The lowest BCUT2D eigenvalue weighted by Gasteiger charge is -2.06. The maximum atomic E-state index is 10.7. The molecule has 0 aliphatic heterocycles. The van der Waals surface area contributed by atoms with Gasteiger partial charge >= 0.3 is 0 Å². The van der Waals surface area contributed by atoms with Crippen LogP contribution in [0.2, 0.25) is 4.47 Å². The Hall–Kier alpha value is -1.73. The number of nitro benzene ring substituents is 1. The maximum Gasteiger partial charge on any atom is 0.273 e. The number of nitro groups is 1. The zero-order valence-corrected chi connectivity index (χ0v) is 10.9. The summed E-state index contributed by atoms with van der Waals surface area (Å²) in [6, 6.07) is 4.46. The molecule has 8 heteroatoms. The van der Waals surface area contributed by atoms with Crippen LogP contribution in [-0.2, 0) is 6.61 Å². The van der Waals surface area contributed by atoms with Crippen LogP contribution in [0.15, 0.2) is 18.2 Å². The fourth-order valence-corrected chi connectivity index (χ4v) is 2.07. The molecule has 0 saturated carbocycles. The van der Waals surface area contributed by atoms with Crippen molar-refractivity contribution in [2.75, 3.05) is 0 Å². The number of rotatable bonds is 4. The SMILES string of the molecule is Cc1ccc([N+](=O)[O-])cc1OCc1nnc(Cl)s1. The number of hydrogen-bond donors (Lipinski definition) is 0. The molecule has 6 nitrogen and oxygen atoms in total. The molecule has 0 atom stereocenters. The molecule has 2 rings (SSSR count). The van der Waals surface area contributed by atoms with Crippen LogP contribution in [-0.4, -0.2) is 15.1 Å². The van der Waals surface area contributed by atoms with Gasteiger partial charge in [0.1, 0.15) is 12.4 Å². The molecule has 1 aromatic carbocycles. The normalized spacial score (nSPS) is 10.3. The molecule has 0 amide bonds. The third-order valence-electron chi connectivity index (χ3n) is 2.18. The molecule has 18 heavy (non-hydrogen) atoms. The number of ether oxygens (including phenoxy) is 1. The van der Waals surface area contributed by atoms with E-state index in [1.165, 1.54) is 23.5 Å². The number of halogens is 1. The summed E-state index contributed by atoms with van der Waals surface area (Å²) in [5, 5.41) is 18.7. The minimum atomic E-state index is -0.464. The van der Waals surface area contributed by atoms with Gasteiger partial charge in [0.2, 0.25) is 4.47 Å². The molecule has 0 aliphatic carbocycles. The predicted octanol–water partition coefficient (Wildman–Crippen LogP) is 2.99. The van der Waals surface area contributed by atoms with Crippen molar-refractivity contribution in [3.05, 3.63) is 43.4 Å². The molecule has 0 saturated heterocycles. The van der Waals surface area contributed by atoms with Gasteiger partial charge in [0.15, 0.2) is 5.01 Å². The third kappa shape index (κ3) is 2.93. The van der Waals surface area contributed by atoms with Crippen molar-refractivity contribution in [1.29, 1.82) is 0 Å². The van der Waals surface area contributed by atoms with Crippen molar-refractivity contribution >= 4 is 28.6 Å². The van der Waals surface area contributed by atoms with Crippen LogP contribution in [0.1, 0.15) is 10.6 Å². The van der Waals surface area contributed by atoms with Crippen LogP contribution >= 0.6 is 22.9 Å². The maximum absolute atomic E-state index is 10.7. The van der Waals surface area contributed by atoms with E-state index >= 15 is 0 Å². The summed E-state index contributed by atoms with van der Waals surface area (Å²) in [5.74, 6) is 0.454. The zero-order valence-electron chi connectivity index (χ0n) is 9.29. The van der Waals surface area contributed by atoms with Gasteiger partial charge in [-0.3, -0.25) is 10.1 Å². The molecule has 0 spiro atoms. The first-order valence-electron chi connectivity index (χ1n) is 4.92. The second-order valence-electron chi connectivity index (χ2n) is 3.44. The molecule has 0 bridgehead atoms. The molecule has 1 aromatic heterocycles. The Morgan fingerprint density at radius 1 is 1.50 bits per heavy atom. The molecule has 0 N–H and O–H groups in total. The quantitative estimate of drug-likeness (QED) is 0.637. The number of aromatic nitrogens is 2. The van der Waals surface area contributed by atoms with Gasteiger partial charge < -0.3 is 4.74 Å². The number of hydrogen-bond acceptors (Lipinski definition) is 6. The number of non-ortho nitro benzene ring substituents is 1. The van der Waals surface area contributed by atoms with E-state index in [0.717, 1.165) is 5.56 Å². The van der Waals surface area contributed by atoms with Crippen molar-refractivity contribution in [2.45, 2.75) is 13.5 Å². The van der Waals surface area contributed by atoms with Crippen molar-refractivity contribution in [3.8, 4) is 5.75 Å². The van der Waals surface area contributed by atoms with Crippen LogP contribution in [0.3, 0.4) is 0 Å². The second-order valence-corrected chi connectivity index (χ2v) is 5.09. The van der Waals surface area contributed by atoms with Gasteiger partial charge in [-0.1, -0.05) is 11.3 Å². The molecule has 0 radical (unpaired) electrons. The summed E-state index contributed by atoms with van der Waals surface area (Å²) < 4.78 is 5.81. The number of benzene rings is 1. The molecule has 1 heterocycles. The van der Waals surface area contributed by atoms with E-state index in [9.17, 15) is 10.1 Å². The summed E-state index contributed by atoms with van der Waals surface area (Å²) in [5.41, 5.74) is 0.808. The van der Waals surface area contributed by atoms with Gasteiger partial charge in [-0.05, 0) is 30.2 Å². The standard InChI is InChI=1S/C10H8ClN3O3S/c1-6-2-3-7(14(15)16)4-8(6)17-5-9-12-13-10(11)18-9/h2-4H,5H2,1H3. The first-order valence-corrected chi connectivity index (χ1v) is 6.11. The van der Waals surface area contributed by atoms with E-state index in [-0.39, 0.29) is 12.3 Å². The summed E-state index contributed by atoms with van der Waals surface area (Å²) in [7, 11) is 0. The van der Waals surface area contributed by atoms with E-state index in [1.54, 1.807) is 6.07 Å². The molecule has 0 fully saturated rings. The average Bonchev–Trinajstić information content (AvgIpc) is 2.74. The van der Waals surface area contributed by atoms with Gasteiger partial charge in [0, 0.05) is 6.07 Å². The van der Waals surface area contributed by atoms with E-state index in [4.69, 9.17) is 16.3 Å². The minimum Gasteiger partial charge on any atom is -0.486 e. The molecule has 0 unspecified atom stereocenters. The fraction of sp³-hybridized carbons (Fsp3) is 0.200. The first-order chi connectivity index (χ1) is 8.56. The summed E-state index contributed by atoms with van der Waals surface area (Å²) in [6.45, 7) is 2.00. The van der Waals surface area contributed by atoms with Gasteiger partial charge in [0.25, 0.3) is 5.69 Å². The average molecular weight is 286 g/mol. The third-order valence-corrected chi connectivity index (χ3v) is 3.17. The molecule has 2 aromatic rings. The molecule has 94 valence electrons. The van der Waals surface area contributed by atoms with Crippen LogP contribution in [0.4, 0.5) is 5.69 Å². The van der Waals surface area contributed by atoms with Crippen molar-refractivity contribution in [3.63, 3.8) is 0 Å². The Balaban J connectivity index is 2.13. The van der Waals surface area contributed by atoms with Crippen LogP contribution in [0.25, 0.3) is 0 Å². The molecular weight excluding hydrogens is 278 g/mol. The van der Waals surface area contributed by atoms with E-state index in [1.807, 2.05) is 6.92 Å². The number of aryl methyl sites for hydroxylation is 1.